The fourth-order valence-corrected chi connectivity index (χ4v) is 2.63. The van der Waals surface area contributed by atoms with Crippen LogP contribution in [0.2, 0.25) is 0 Å². The van der Waals surface area contributed by atoms with Crippen LogP contribution in [0.4, 0.5) is 0 Å². The maximum absolute atomic E-state index is 12.3. The summed E-state index contributed by atoms with van der Waals surface area (Å²) in [4.78, 5) is 12.3. The minimum Gasteiger partial charge on any atom is -0.493 e. The van der Waals surface area contributed by atoms with Gasteiger partial charge in [-0.05, 0) is 36.3 Å². The Labute approximate surface area is 159 Å². The number of aryl methyl sites for hydroxylation is 1. The van der Waals surface area contributed by atoms with Gasteiger partial charge in [-0.25, -0.2) is 0 Å². The van der Waals surface area contributed by atoms with Crippen LogP contribution in [0.5, 0.6) is 11.5 Å². The summed E-state index contributed by atoms with van der Waals surface area (Å²) >= 11 is 0. The maximum atomic E-state index is 12.3. The van der Waals surface area contributed by atoms with Gasteiger partial charge in [0, 0.05) is 5.56 Å². The van der Waals surface area contributed by atoms with Crippen molar-refractivity contribution in [1.29, 1.82) is 0 Å². The van der Waals surface area contributed by atoms with Crippen molar-refractivity contribution in [2.75, 3.05) is 7.11 Å². The quantitative estimate of drug-likeness (QED) is 0.414. The van der Waals surface area contributed by atoms with Gasteiger partial charge in [0.05, 0.1) is 7.11 Å². The molecule has 0 fully saturated rings. The van der Waals surface area contributed by atoms with Crippen LogP contribution in [0, 0.1) is 6.92 Å². The maximum Gasteiger partial charge on any atom is 0.185 e. The molecule has 0 saturated heterocycles. The van der Waals surface area contributed by atoms with Crippen molar-refractivity contribution in [3.63, 3.8) is 0 Å². The number of carbonyl (C=O) groups is 1. The molecule has 0 radical (unpaired) electrons. The van der Waals surface area contributed by atoms with Crippen molar-refractivity contribution in [1.82, 2.24) is 0 Å². The third kappa shape index (κ3) is 5.08. The zero-order chi connectivity index (χ0) is 19.1. The average molecular weight is 358 g/mol. The Balaban J connectivity index is 1.73. The van der Waals surface area contributed by atoms with E-state index < -0.39 is 0 Å². The van der Waals surface area contributed by atoms with Crippen molar-refractivity contribution >= 4 is 11.9 Å². The number of benzene rings is 3. The number of rotatable bonds is 7. The summed E-state index contributed by atoms with van der Waals surface area (Å²) in [5, 5.41) is 0. The largest absolute Gasteiger partial charge is 0.493 e. The minimum absolute atomic E-state index is 0.0300. The minimum atomic E-state index is -0.0300. The molecule has 0 aliphatic heterocycles. The SMILES string of the molecule is COc1ccc(/C=C/C(=O)c2ccc(C)cc2)cc1OCc1ccccc1. The van der Waals surface area contributed by atoms with E-state index in [0.717, 1.165) is 16.7 Å². The monoisotopic (exact) mass is 358 g/mol. The van der Waals surface area contributed by atoms with E-state index in [1.54, 1.807) is 19.3 Å². The van der Waals surface area contributed by atoms with E-state index in [9.17, 15) is 4.79 Å². The summed E-state index contributed by atoms with van der Waals surface area (Å²) in [6.07, 6.45) is 3.37. The molecule has 3 heteroatoms. The number of allylic oxidation sites excluding steroid dienone is 1. The number of hydrogen-bond acceptors (Lipinski definition) is 3. The van der Waals surface area contributed by atoms with Gasteiger partial charge in [-0.2, -0.15) is 0 Å². The molecule has 0 bridgehead atoms. The molecule has 0 aliphatic rings. The second-order valence-corrected chi connectivity index (χ2v) is 6.25. The highest BCUT2D eigenvalue weighted by molar-refractivity contribution is 6.06. The van der Waals surface area contributed by atoms with Gasteiger partial charge in [0.15, 0.2) is 17.3 Å². The highest BCUT2D eigenvalue weighted by Gasteiger charge is 2.06. The van der Waals surface area contributed by atoms with Crippen LogP contribution >= 0.6 is 0 Å². The first kappa shape index (κ1) is 18.5. The Bertz CT molecular complexity index is 926. The van der Waals surface area contributed by atoms with Gasteiger partial charge >= 0.3 is 0 Å². The van der Waals surface area contributed by atoms with Crippen LogP contribution in [-0.4, -0.2) is 12.9 Å². The molecule has 27 heavy (non-hydrogen) atoms. The summed E-state index contributed by atoms with van der Waals surface area (Å²) in [6.45, 7) is 2.45. The number of carbonyl (C=O) groups excluding carboxylic acids is 1. The highest BCUT2D eigenvalue weighted by Crippen LogP contribution is 2.29. The molecule has 3 aromatic rings. The summed E-state index contributed by atoms with van der Waals surface area (Å²) in [6, 6.07) is 23.1. The molecule has 3 aromatic carbocycles. The molecule has 3 rings (SSSR count). The molecule has 0 atom stereocenters. The van der Waals surface area contributed by atoms with Crippen LogP contribution in [0.25, 0.3) is 6.08 Å². The number of ether oxygens (including phenoxy) is 2. The van der Waals surface area contributed by atoms with Crippen molar-refractivity contribution in [3.8, 4) is 11.5 Å². The van der Waals surface area contributed by atoms with Crippen LogP contribution in [0.15, 0.2) is 78.9 Å². The Hall–Kier alpha value is -3.33. The van der Waals surface area contributed by atoms with Crippen LogP contribution in [0.1, 0.15) is 27.0 Å². The molecule has 136 valence electrons. The summed E-state index contributed by atoms with van der Waals surface area (Å²) in [5.74, 6) is 1.27. The average Bonchev–Trinajstić information content (AvgIpc) is 2.71. The second kappa shape index (κ2) is 8.86. The van der Waals surface area contributed by atoms with E-state index in [1.165, 1.54) is 0 Å². The molecular weight excluding hydrogens is 336 g/mol. The molecule has 0 spiro atoms. The molecule has 0 saturated carbocycles. The molecule has 0 aromatic heterocycles. The first-order valence-electron chi connectivity index (χ1n) is 8.79. The third-order valence-electron chi connectivity index (χ3n) is 4.19. The van der Waals surface area contributed by atoms with Crippen molar-refractivity contribution in [2.45, 2.75) is 13.5 Å². The zero-order valence-electron chi connectivity index (χ0n) is 15.5. The zero-order valence-corrected chi connectivity index (χ0v) is 15.5. The lowest BCUT2D eigenvalue weighted by atomic mass is 10.1. The third-order valence-corrected chi connectivity index (χ3v) is 4.19. The molecule has 0 unspecified atom stereocenters. The van der Waals surface area contributed by atoms with E-state index in [4.69, 9.17) is 9.47 Å². The molecular formula is C24H22O3. The molecule has 0 heterocycles. The van der Waals surface area contributed by atoms with Gasteiger partial charge in [-0.3, -0.25) is 4.79 Å². The molecule has 0 N–H and O–H groups in total. The van der Waals surface area contributed by atoms with Crippen molar-refractivity contribution in [2.24, 2.45) is 0 Å². The number of methoxy groups -OCH3 is 1. The topological polar surface area (TPSA) is 35.5 Å². The predicted octanol–water partition coefficient (Wildman–Crippen LogP) is 5.48. The number of hydrogen-bond donors (Lipinski definition) is 0. The van der Waals surface area contributed by atoms with E-state index in [2.05, 4.69) is 0 Å². The Morgan fingerprint density at radius 1 is 0.926 bits per heavy atom. The Kier molecular flexibility index (Phi) is 6.06. The van der Waals surface area contributed by atoms with Gasteiger partial charge in [0.2, 0.25) is 0 Å². The van der Waals surface area contributed by atoms with Crippen molar-refractivity contribution < 1.29 is 14.3 Å². The lowest BCUT2D eigenvalue weighted by molar-refractivity contribution is 0.104. The van der Waals surface area contributed by atoms with Crippen LogP contribution in [-0.2, 0) is 6.61 Å². The summed E-state index contributed by atoms with van der Waals surface area (Å²) in [5.41, 5.74) is 3.76. The fraction of sp³-hybridized carbons (Fsp3) is 0.125. The summed E-state index contributed by atoms with van der Waals surface area (Å²) in [7, 11) is 1.61. The smallest absolute Gasteiger partial charge is 0.185 e. The fourth-order valence-electron chi connectivity index (χ4n) is 2.63. The highest BCUT2D eigenvalue weighted by atomic mass is 16.5. The first-order valence-corrected chi connectivity index (χ1v) is 8.79. The molecule has 0 amide bonds. The Morgan fingerprint density at radius 3 is 2.37 bits per heavy atom. The van der Waals surface area contributed by atoms with E-state index in [-0.39, 0.29) is 5.78 Å². The first-order chi connectivity index (χ1) is 13.2. The molecule has 0 aliphatic carbocycles. The van der Waals surface area contributed by atoms with E-state index in [0.29, 0.717) is 23.7 Å². The Morgan fingerprint density at radius 2 is 1.67 bits per heavy atom. The summed E-state index contributed by atoms with van der Waals surface area (Å²) < 4.78 is 11.3. The van der Waals surface area contributed by atoms with Gasteiger partial charge in [0.25, 0.3) is 0 Å². The van der Waals surface area contributed by atoms with Gasteiger partial charge < -0.3 is 9.47 Å². The van der Waals surface area contributed by atoms with Crippen LogP contribution < -0.4 is 9.47 Å². The van der Waals surface area contributed by atoms with Gasteiger partial charge in [0.1, 0.15) is 6.61 Å². The van der Waals surface area contributed by atoms with Crippen molar-refractivity contribution in [3.05, 3.63) is 101 Å². The normalized spacial score (nSPS) is 10.7. The number of ketones is 1. The predicted molar refractivity (Wildman–Crippen MR) is 108 cm³/mol. The van der Waals surface area contributed by atoms with Gasteiger partial charge in [-0.15, -0.1) is 0 Å². The second-order valence-electron chi connectivity index (χ2n) is 6.25. The van der Waals surface area contributed by atoms with Gasteiger partial charge in [-0.1, -0.05) is 72.3 Å². The van der Waals surface area contributed by atoms with Crippen LogP contribution in [0.3, 0.4) is 0 Å². The standard InChI is InChI=1S/C24H22O3/c1-18-8-12-21(13-9-18)22(25)14-10-19-11-15-23(26-2)24(16-19)27-17-20-6-4-3-5-7-20/h3-16H,17H2,1-2H3/b14-10+. The lowest BCUT2D eigenvalue weighted by Crippen LogP contribution is -1.98. The molecule has 3 nitrogen and oxygen atoms in total. The van der Waals surface area contributed by atoms with E-state index in [1.807, 2.05) is 79.7 Å². The lowest BCUT2D eigenvalue weighted by Gasteiger charge is -2.11. The van der Waals surface area contributed by atoms with E-state index >= 15 is 0 Å².